The van der Waals surface area contributed by atoms with Crippen LogP contribution in [0.1, 0.15) is 16.7 Å². The van der Waals surface area contributed by atoms with Gasteiger partial charge in [-0.1, -0.05) is 55.1 Å². The lowest BCUT2D eigenvalue weighted by molar-refractivity contribution is 0.148. The molecular weight excluding hydrogens is 513 g/mol. The number of piperazine rings is 1. The first kappa shape index (κ1) is 26.2. The molecule has 0 atom stereocenters. The predicted octanol–water partition coefficient (Wildman–Crippen LogP) is 3.48. The summed E-state index contributed by atoms with van der Waals surface area (Å²) < 4.78 is 5.73. The maximum atomic E-state index is 5.73. The van der Waals surface area contributed by atoms with Gasteiger partial charge in [-0.2, -0.15) is 0 Å². The van der Waals surface area contributed by atoms with Gasteiger partial charge in [-0.05, 0) is 24.2 Å². The van der Waals surface area contributed by atoms with Gasteiger partial charge in [0, 0.05) is 58.4 Å². The van der Waals surface area contributed by atoms with Crippen LogP contribution in [0.4, 0.5) is 0 Å². The molecule has 3 rings (SSSR count). The van der Waals surface area contributed by atoms with Crippen molar-refractivity contribution in [2.75, 3.05) is 46.9 Å². The van der Waals surface area contributed by atoms with E-state index in [4.69, 9.17) is 4.74 Å². The maximum Gasteiger partial charge on any atom is 0.191 e. The van der Waals surface area contributed by atoms with Crippen molar-refractivity contribution in [3.05, 3.63) is 77.9 Å². The molecule has 32 heavy (non-hydrogen) atoms. The third-order valence-corrected chi connectivity index (χ3v) is 5.48. The SMILES string of the molecule is C=CCOc1ccccc1CNC(=NC)NCc1ccc(CN2CCN(C)CC2)cc1.I. The summed E-state index contributed by atoms with van der Waals surface area (Å²) in [5.41, 5.74) is 3.69. The first-order valence-corrected chi connectivity index (χ1v) is 10.9. The van der Waals surface area contributed by atoms with Crippen molar-refractivity contribution in [2.24, 2.45) is 4.99 Å². The van der Waals surface area contributed by atoms with Gasteiger partial charge < -0.3 is 20.3 Å². The second kappa shape index (κ2) is 14.1. The van der Waals surface area contributed by atoms with E-state index in [0.717, 1.165) is 56.5 Å². The Morgan fingerprint density at radius 2 is 1.66 bits per heavy atom. The van der Waals surface area contributed by atoms with Crippen LogP contribution in [0, 0.1) is 0 Å². The number of hydrogen-bond acceptors (Lipinski definition) is 4. The normalized spacial score (nSPS) is 15.0. The van der Waals surface area contributed by atoms with Crippen LogP contribution >= 0.6 is 24.0 Å². The summed E-state index contributed by atoms with van der Waals surface area (Å²) >= 11 is 0. The van der Waals surface area contributed by atoms with Crippen molar-refractivity contribution in [2.45, 2.75) is 19.6 Å². The van der Waals surface area contributed by atoms with E-state index >= 15 is 0 Å². The Kier molecular flexibility index (Phi) is 11.5. The second-order valence-corrected chi connectivity index (χ2v) is 7.88. The molecule has 174 valence electrons. The summed E-state index contributed by atoms with van der Waals surface area (Å²) in [4.78, 5) is 9.25. The number of hydrogen-bond donors (Lipinski definition) is 2. The molecule has 0 aromatic heterocycles. The lowest BCUT2D eigenvalue weighted by Crippen LogP contribution is -2.43. The summed E-state index contributed by atoms with van der Waals surface area (Å²) in [5, 5.41) is 6.75. The molecule has 2 aromatic rings. The Bertz CT molecular complexity index is 848. The highest BCUT2D eigenvalue weighted by molar-refractivity contribution is 14.0. The fourth-order valence-corrected chi connectivity index (χ4v) is 3.55. The zero-order chi connectivity index (χ0) is 21.9. The third kappa shape index (κ3) is 8.44. The van der Waals surface area contributed by atoms with Crippen molar-refractivity contribution >= 4 is 29.9 Å². The highest BCUT2D eigenvalue weighted by Crippen LogP contribution is 2.17. The molecule has 1 fully saturated rings. The van der Waals surface area contributed by atoms with Crippen molar-refractivity contribution in [1.29, 1.82) is 0 Å². The van der Waals surface area contributed by atoms with Gasteiger partial charge in [0.1, 0.15) is 12.4 Å². The minimum atomic E-state index is 0. The van der Waals surface area contributed by atoms with Crippen molar-refractivity contribution in [3.63, 3.8) is 0 Å². The van der Waals surface area contributed by atoms with Crippen LogP contribution in [0.5, 0.6) is 5.75 Å². The van der Waals surface area contributed by atoms with Crippen LogP contribution in [-0.2, 0) is 19.6 Å². The van der Waals surface area contributed by atoms with Crippen molar-refractivity contribution < 1.29 is 4.74 Å². The Morgan fingerprint density at radius 1 is 1.00 bits per heavy atom. The number of ether oxygens (including phenoxy) is 1. The molecule has 0 unspecified atom stereocenters. The van der Waals surface area contributed by atoms with Crippen molar-refractivity contribution in [3.8, 4) is 5.75 Å². The third-order valence-electron chi connectivity index (χ3n) is 5.48. The first-order chi connectivity index (χ1) is 15.2. The molecule has 6 nitrogen and oxygen atoms in total. The summed E-state index contributed by atoms with van der Waals surface area (Å²) in [6.45, 7) is 11.2. The molecule has 2 N–H and O–H groups in total. The number of halogens is 1. The fourth-order valence-electron chi connectivity index (χ4n) is 3.55. The summed E-state index contributed by atoms with van der Waals surface area (Å²) in [5.74, 6) is 1.63. The minimum absolute atomic E-state index is 0. The lowest BCUT2D eigenvalue weighted by Gasteiger charge is -2.32. The highest BCUT2D eigenvalue weighted by Gasteiger charge is 2.13. The lowest BCUT2D eigenvalue weighted by atomic mass is 10.1. The number of likely N-dealkylation sites (N-methyl/N-ethyl adjacent to an activating group) is 1. The van der Waals surface area contributed by atoms with Crippen LogP contribution in [0.15, 0.2) is 66.2 Å². The molecule has 1 heterocycles. The molecule has 0 aliphatic carbocycles. The monoisotopic (exact) mass is 549 g/mol. The van der Waals surface area contributed by atoms with Gasteiger partial charge in [-0.25, -0.2) is 0 Å². The quantitative estimate of drug-likeness (QED) is 0.217. The number of rotatable bonds is 9. The number of nitrogens with one attached hydrogen (secondary N) is 2. The molecule has 2 aromatic carbocycles. The number of benzene rings is 2. The van der Waals surface area contributed by atoms with E-state index in [-0.39, 0.29) is 24.0 Å². The van der Waals surface area contributed by atoms with E-state index in [2.05, 4.69) is 69.4 Å². The molecule has 1 aliphatic rings. The summed E-state index contributed by atoms with van der Waals surface area (Å²) in [6, 6.07) is 16.9. The van der Waals surface area contributed by atoms with Crippen LogP contribution in [0.3, 0.4) is 0 Å². The molecule has 0 radical (unpaired) electrons. The van der Waals surface area contributed by atoms with E-state index in [1.165, 1.54) is 11.1 Å². The zero-order valence-electron chi connectivity index (χ0n) is 19.2. The zero-order valence-corrected chi connectivity index (χ0v) is 21.5. The molecule has 0 saturated carbocycles. The Labute approximate surface area is 209 Å². The van der Waals surface area contributed by atoms with Gasteiger partial charge in [0.25, 0.3) is 0 Å². The Hall–Kier alpha value is -2.10. The van der Waals surface area contributed by atoms with Gasteiger partial charge in [-0.3, -0.25) is 9.89 Å². The fraction of sp³-hybridized carbons (Fsp3) is 0.400. The smallest absolute Gasteiger partial charge is 0.191 e. The molecule has 1 saturated heterocycles. The largest absolute Gasteiger partial charge is 0.489 e. The van der Waals surface area contributed by atoms with E-state index in [0.29, 0.717) is 13.2 Å². The summed E-state index contributed by atoms with van der Waals surface area (Å²) in [6.07, 6.45) is 1.75. The average molecular weight is 550 g/mol. The van der Waals surface area contributed by atoms with E-state index < -0.39 is 0 Å². The molecule has 0 spiro atoms. The van der Waals surface area contributed by atoms with E-state index in [1.54, 1.807) is 13.1 Å². The van der Waals surface area contributed by atoms with Gasteiger partial charge in [0.05, 0.1) is 0 Å². The van der Waals surface area contributed by atoms with Gasteiger partial charge in [-0.15, -0.1) is 24.0 Å². The van der Waals surface area contributed by atoms with Gasteiger partial charge in [0.15, 0.2) is 5.96 Å². The van der Waals surface area contributed by atoms with Crippen LogP contribution < -0.4 is 15.4 Å². The number of aliphatic imine (C=N–C) groups is 1. The number of para-hydroxylation sites is 1. The highest BCUT2D eigenvalue weighted by atomic mass is 127. The van der Waals surface area contributed by atoms with Gasteiger partial charge in [0.2, 0.25) is 0 Å². The molecular formula is C25H36IN5O. The van der Waals surface area contributed by atoms with E-state index in [1.807, 2.05) is 18.2 Å². The van der Waals surface area contributed by atoms with Gasteiger partial charge >= 0.3 is 0 Å². The first-order valence-electron chi connectivity index (χ1n) is 10.9. The predicted molar refractivity (Wildman–Crippen MR) is 144 cm³/mol. The van der Waals surface area contributed by atoms with E-state index in [9.17, 15) is 0 Å². The summed E-state index contributed by atoms with van der Waals surface area (Å²) in [7, 11) is 3.98. The van der Waals surface area contributed by atoms with Crippen LogP contribution in [0.2, 0.25) is 0 Å². The Balaban J connectivity index is 0.00000363. The number of guanidine groups is 1. The topological polar surface area (TPSA) is 52.1 Å². The number of nitrogens with zero attached hydrogens (tertiary/aromatic N) is 3. The minimum Gasteiger partial charge on any atom is -0.489 e. The molecule has 1 aliphatic heterocycles. The maximum absolute atomic E-state index is 5.73. The average Bonchev–Trinajstić information content (AvgIpc) is 2.81. The standard InChI is InChI=1S/C25H35N5O.HI/c1-4-17-31-24-8-6-5-7-23(24)19-28-25(26-2)27-18-21-9-11-22(12-10-21)20-30-15-13-29(3)14-16-30;/h4-12H,1,13-20H2,2-3H3,(H2,26,27,28);1H. The van der Waals surface area contributed by atoms with Crippen LogP contribution in [0.25, 0.3) is 0 Å². The van der Waals surface area contributed by atoms with Crippen molar-refractivity contribution in [1.82, 2.24) is 20.4 Å². The molecule has 0 amide bonds. The van der Waals surface area contributed by atoms with Crippen LogP contribution in [-0.4, -0.2) is 62.6 Å². The molecule has 7 heteroatoms. The molecule has 0 bridgehead atoms. The second-order valence-electron chi connectivity index (χ2n) is 7.88. The Morgan fingerprint density at radius 3 is 2.34 bits per heavy atom.